The minimum Gasteiger partial charge on any atom is -0.462 e. The summed E-state index contributed by atoms with van der Waals surface area (Å²) < 4.78 is 18.7. The number of esters is 1. The lowest BCUT2D eigenvalue weighted by atomic mass is 10.2. The monoisotopic (exact) mass is 386 g/mol. The van der Waals surface area contributed by atoms with E-state index < -0.39 is 5.97 Å². The van der Waals surface area contributed by atoms with Gasteiger partial charge in [0.1, 0.15) is 5.82 Å². The van der Waals surface area contributed by atoms with Crippen molar-refractivity contribution in [2.24, 2.45) is 0 Å². The highest BCUT2D eigenvalue weighted by atomic mass is 19.1. The van der Waals surface area contributed by atoms with Crippen molar-refractivity contribution < 1.29 is 23.5 Å². The topological polar surface area (TPSA) is 75.7 Å². The molecule has 2 amide bonds. The molecular formula is C21H23FN2O4. The van der Waals surface area contributed by atoms with Gasteiger partial charge in [-0.3, -0.25) is 9.59 Å². The molecule has 1 N–H and O–H groups in total. The van der Waals surface area contributed by atoms with Gasteiger partial charge in [0.15, 0.2) is 0 Å². The van der Waals surface area contributed by atoms with Crippen LogP contribution in [0.1, 0.15) is 36.2 Å². The van der Waals surface area contributed by atoms with Gasteiger partial charge in [-0.05, 0) is 37.3 Å². The number of amides is 2. The molecule has 0 unspecified atom stereocenters. The summed E-state index contributed by atoms with van der Waals surface area (Å²) in [6, 6.07) is 12.6. The van der Waals surface area contributed by atoms with Crippen molar-refractivity contribution in [1.29, 1.82) is 0 Å². The Balaban J connectivity index is 1.90. The third-order valence-electron chi connectivity index (χ3n) is 4.05. The fourth-order valence-corrected chi connectivity index (χ4v) is 2.54. The maximum absolute atomic E-state index is 13.8. The lowest BCUT2D eigenvalue weighted by Crippen LogP contribution is -2.31. The summed E-state index contributed by atoms with van der Waals surface area (Å²) in [6.45, 7) is 3.66. The molecule has 0 saturated carbocycles. The number of carbonyl (C=O) groups excluding carboxylic acids is 3. The van der Waals surface area contributed by atoms with Crippen LogP contribution in [0.2, 0.25) is 0 Å². The van der Waals surface area contributed by atoms with E-state index in [0.717, 1.165) is 0 Å². The maximum Gasteiger partial charge on any atom is 0.338 e. The van der Waals surface area contributed by atoms with Crippen LogP contribution in [-0.2, 0) is 20.9 Å². The highest BCUT2D eigenvalue weighted by Crippen LogP contribution is 2.13. The zero-order valence-electron chi connectivity index (χ0n) is 15.9. The first kappa shape index (κ1) is 21.1. The first-order valence-electron chi connectivity index (χ1n) is 8.96. The minimum atomic E-state index is -0.425. The summed E-state index contributed by atoms with van der Waals surface area (Å²) in [6.07, 6.45) is 0.0632. The Morgan fingerprint density at radius 1 is 1.07 bits per heavy atom. The lowest BCUT2D eigenvalue weighted by molar-refractivity contribution is -0.130. The molecule has 2 aromatic rings. The highest BCUT2D eigenvalue weighted by molar-refractivity contribution is 5.93. The first-order chi connectivity index (χ1) is 13.4. The van der Waals surface area contributed by atoms with Crippen molar-refractivity contribution in [2.75, 3.05) is 18.5 Å². The number of anilines is 1. The smallest absolute Gasteiger partial charge is 0.338 e. The molecule has 148 valence electrons. The number of halogens is 1. The van der Waals surface area contributed by atoms with Crippen molar-refractivity contribution in [3.8, 4) is 0 Å². The van der Waals surface area contributed by atoms with E-state index in [9.17, 15) is 18.8 Å². The van der Waals surface area contributed by atoms with Gasteiger partial charge >= 0.3 is 5.97 Å². The van der Waals surface area contributed by atoms with Gasteiger partial charge in [-0.2, -0.15) is 0 Å². The van der Waals surface area contributed by atoms with E-state index in [1.54, 1.807) is 49.4 Å². The summed E-state index contributed by atoms with van der Waals surface area (Å²) >= 11 is 0. The minimum absolute atomic E-state index is 0.0632. The Bertz CT molecular complexity index is 837. The van der Waals surface area contributed by atoms with Gasteiger partial charge in [-0.25, -0.2) is 9.18 Å². The maximum atomic E-state index is 13.8. The van der Waals surface area contributed by atoms with Crippen molar-refractivity contribution in [3.63, 3.8) is 0 Å². The Kier molecular flexibility index (Phi) is 7.68. The molecule has 7 heteroatoms. The van der Waals surface area contributed by atoms with E-state index in [4.69, 9.17) is 4.74 Å². The van der Waals surface area contributed by atoms with Gasteiger partial charge in [-0.1, -0.05) is 18.2 Å². The number of benzene rings is 2. The van der Waals surface area contributed by atoms with Gasteiger partial charge < -0.3 is 15.0 Å². The van der Waals surface area contributed by atoms with Gasteiger partial charge in [0.05, 0.1) is 12.2 Å². The second-order valence-corrected chi connectivity index (χ2v) is 6.13. The molecule has 28 heavy (non-hydrogen) atoms. The molecule has 0 radical (unpaired) electrons. The number of carbonyl (C=O) groups is 3. The third kappa shape index (κ3) is 6.19. The van der Waals surface area contributed by atoms with Crippen LogP contribution in [0.25, 0.3) is 0 Å². The Morgan fingerprint density at radius 3 is 2.36 bits per heavy atom. The Morgan fingerprint density at radius 2 is 1.75 bits per heavy atom. The number of hydrogen-bond donors (Lipinski definition) is 1. The number of nitrogens with one attached hydrogen (secondary N) is 1. The summed E-state index contributed by atoms with van der Waals surface area (Å²) in [7, 11) is 0. The SMILES string of the molecule is CCOC(=O)c1ccc(NC(=O)CCN(Cc2ccccc2F)C(C)=O)cc1. The second kappa shape index (κ2) is 10.2. The normalized spacial score (nSPS) is 10.2. The molecule has 2 aromatic carbocycles. The van der Waals surface area contributed by atoms with E-state index in [1.165, 1.54) is 17.9 Å². The van der Waals surface area contributed by atoms with E-state index in [2.05, 4.69) is 5.32 Å². The van der Waals surface area contributed by atoms with Gasteiger partial charge in [-0.15, -0.1) is 0 Å². The Hall–Kier alpha value is -3.22. The quantitative estimate of drug-likeness (QED) is 0.706. The van der Waals surface area contributed by atoms with Crippen molar-refractivity contribution in [3.05, 3.63) is 65.5 Å². The van der Waals surface area contributed by atoms with Crippen LogP contribution in [0, 0.1) is 5.82 Å². The zero-order chi connectivity index (χ0) is 20.5. The second-order valence-electron chi connectivity index (χ2n) is 6.13. The molecule has 0 saturated heterocycles. The number of ether oxygens (including phenoxy) is 1. The predicted octanol–water partition coefficient (Wildman–Crippen LogP) is 3.38. The van der Waals surface area contributed by atoms with Crippen molar-refractivity contribution in [2.45, 2.75) is 26.8 Å². The Labute approximate surface area is 163 Å². The zero-order valence-corrected chi connectivity index (χ0v) is 15.9. The lowest BCUT2D eigenvalue weighted by Gasteiger charge is -2.21. The summed E-state index contributed by atoms with van der Waals surface area (Å²) in [5.41, 5.74) is 1.32. The van der Waals surface area contributed by atoms with E-state index in [-0.39, 0.29) is 43.7 Å². The molecule has 2 rings (SSSR count). The molecule has 0 spiro atoms. The number of nitrogens with zero attached hydrogens (tertiary/aromatic N) is 1. The average Bonchev–Trinajstić information content (AvgIpc) is 2.67. The highest BCUT2D eigenvalue weighted by Gasteiger charge is 2.14. The van der Waals surface area contributed by atoms with Crippen molar-refractivity contribution >= 4 is 23.5 Å². The number of hydrogen-bond acceptors (Lipinski definition) is 4. The molecule has 0 aromatic heterocycles. The summed E-state index contributed by atoms with van der Waals surface area (Å²) in [4.78, 5) is 37.0. The van der Waals surface area contributed by atoms with Crippen LogP contribution >= 0.6 is 0 Å². The first-order valence-corrected chi connectivity index (χ1v) is 8.96. The van der Waals surface area contributed by atoms with E-state index >= 15 is 0 Å². The van der Waals surface area contributed by atoms with Crippen LogP contribution in [-0.4, -0.2) is 35.8 Å². The summed E-state index contributed by atoms with van der Waals surface area (Å²) in [5, 5.41) is 2.71. The van der Waals surface area contributed by atoms with Crippen LogP contribution in [0.15, 0.2) is 48.5 Å². The average molecular weight is 386 g/mol. The molecule has 6 nitrogen and oxygen atoms in total. The molecular weight excluding hydrogens is 363 g/mol. The standard InChI is InChI=1S/C21H23FN2O4/c1-3-28-21(27)16-8-10-18(11-9-16)23-20(26)12-13-24(15(2)25)14-17-6-4-5-7-19(17)22/h4-11H,3,12-14H2,1-2H3,(H,23,26). The van der Waals surface area contributed by atoms with Gasteiger partial charge in [0, 0.05) is 37.7 Å². The van der Waals surface area contributed by atoms with Crippen molar-refractivity contribution in [1.82, 2.24) is 4.90 Å². The van der Waals surface area contributed by atoms with E-state index in [0.29, 0.717) is 16.8 Å². The molecule has 0 aliphatic heterocycles. The van der Waals surface area contributed by atoms with Gasteiger partial charge in [0.2, 0.25) is 11.8 Å². The largest absolute Gasteiger partial charge is 0.462 e. The molecule has 0 atom stereocenters. The molecule has 0 fully saturated rings. The predicted molar refractivity (Wildman–Crippen MR) is 103 cm³/mol. The van der Waals surface area contributed by atoms with Crippen LogP contribution in [0.5, 0.6) is 0 Å². The van der Waals surface area contributed by atoms with Crippen LogP contribution < -0.4 is 5.32 Å². The third-order valence-corrected chi connectivity index (χ3v) is 4.05. The molecule has 0 aliphatic carbocycles. The van der Waals surface area contributed by atoms with Crippen LogP contribution in [0.4, 0.5) is 10.1 Å². The fraction of sp³-hybridized carbons (Fsp3) is 0.286. The molecule has 0 aliphatic rings. The van der Waals surface area contributed by atoms with E-state index in [1.807, 2.05) is 0 Å². The molecule has 0 bridgehead atoms. The molecule has 0 heterocycles. The summed E-state index contributed by atoms with van der Waals surface area (Å²) in [5.74, 6) is -1.34. The fourth-order valence-electron chi connectivity index (χ4n) is 2.54. The van der Waals surface area contributed by atoms with Crippen LogP contribution in [0.3, 0.4) is 0 Å². The van der Waals surface area contributed by atoms with Gasteiger partial charge in [0.25, 0.3) is 0 Å². The number of rotatable bonds is 8.